The first-order valence-corrected chi connectivity index (χ1v) is 8.60. The Hall–Kier alpha value is -1.000. The molecule has 0 radical (unpaired) electrons. The second kappa shape index (κ2) is 5.65. The second-order valence-corrected chi connectivity index (χ2v) is 7.46. The van der Waals surface area contributed by atoms with E-state index in [0.717, 1.165) is 26.6 Å². The number of benzene rings is 2. The first-order valence-electron chi connectivity index (χ1n) is 7.01. The lowest BCUT2D eigenvalue weighted by Crippen LogP contribution is -2.08. The topological polar surface area (TPSA) is 32.3 Å². The summed E-state index contributed by atoms with van der Waals surface area (Å²) < 4.78 is 2.06. The molecule has 110 valence electrons. The Kier molecular flexibility index (Phi) is 4.02. The van der Waals surface area contributed by atoms with Gasteiger partial charge in [0.15, 0.2) is 0 Å². The van der Waals surface area contributed by atoms with Crippen molar-refractivity contribution in [3.63, 3.8) is 0 Å². The van der Waals surface area contributed by atoms with Gasteiger partial charge in [0.1, 0.15) is 5.75 Å². The summed E-state index contributed by atoms with van der Waals surface area (Å²) in [5.74, 6) is 0.846. The number of hydrogen-bond donors (Lipinski definition) is 2. The molecule has 0 bridgehead atoms. The first-order chi connectivity index (χ1) is 9.97. The molecule has 0 saturated heterocycles. The predicted octanol–water partition coefficient (Wildman–Crippen LogP) is 5.89. The fraction of sp³-hybridized carbons (Fsp3) is 0.294. The molecule has 2 aromatic rings. The van der Waals surface area contributed by atoms with Crippen LogP contribution in [0, 0.1) is 6.92 Å². The summed E-state index contributed by atoms with van der Waals surface area (Å²) in [6, 6.07) is 10.0. The monoisotopic (exact) mass is 409 g/mol. The highest BCUT2D eigenvalue weighted by Crippen LogP contribution is 2.47. The van der Waals surface area contributed by atoms with Crippen LogP contribution in [-0.2, 0) is 0 Å². The van der Waals surface area contributed by atoms with Crippen molar-refractivity contribution in [3.8, 4) is 5.75 Å². The van der Waals surface area contributed by atoms with Gasteiger partial charge in [0, 0.05) is 14.5 Å². The lowest BCUT2D eigenvalue weighted by molar-refractivity contribution is 0.465. The van der Waals surface area contributed by atoms with Gasteiger partial charge in [0.2, 0.25) is 0 Å². The quantitative estimate of drug-likeness (QED) is 0.647. The highest BCUT2D eigenvalue weighted by atomic mass is 79.9. The van der Waals surface area contributed by atoms with Crippen LogP contribution in [-0.4, -0.2) is 5.11 Å². The Morgan fingerprint density at radius 2 is 1.90 bits per heavy atom. The average Bonchev–Trinajstić information content (AvgIpc) is 2.76. The van der Waals surface area contributed by atoms with Crippen molar-refractivity contribution >= 4 is 37.5 Å². The van der Waals surface area contributed by atoms with Gasteiger partial charge in [0.25, 0.3) is 0 Å². The van der Waals surface area contributed by atoms with Crippen LogP contribution in [0.2, 0.25) is 0 Å². The van der Waals surface area contributed by atoms with E-state index in [1.807, 2.05) is 18.2 Å². The smallest absolute Gasteiger partial charge is 0.121 e. The molecular formula is C17H17Br2NO. The van der Waals surface area contributed by atoms with Crippen LogP contribution >= 0.6 is 31.9 Å². The number of phenolic OH excluding ortho intramolecular Hbond substituents is 1. The number of rotatable bonds is 2. The van der Waals surface area contributed by atoms with Crippen LogP contribution in [0.15, 0.2) is 39.3 Å². The molecule has 2 atom stereocenters. The van der Waals surface area contributed by atoms with E-state index < -0.39 is 0 Å². The highest BCUT2D eigenvalue weighted by Gasteiger charge is 2.32. The molecule has 21 heavy (non-hydrogen) atoms. The molecule has 4 heteroatoms. The van der Waals surface area contributed by atoms with Crippen LogP contribution in [0.5, 0.6) is 5.75 Å². The maximum Gasteiger partial charge on any atom is 0.121 e. The van der Waals surface area contributed by atoms with Crippen LogP contribution in [0.1, 0.15) is 42.0 Å². The first kappa shape index (κ1) is 14.9. The number of aromatic hydroxyl groups is 1. The molecular weight excluding hydrogens is 394 g/mol. The fourth-order valence-electron chi connectivity index (χ4n) is 3.27. The third-order valence-electron chi connectivity index (χ3n) is 4.17. The normalized spacial score (nSPS) is 20.4. The van der Waals surface area contributed by atoms with Crippen molar-refractivity contribution in [2.45, 2.75) is 32.2 Å². The third-order valence-corrected chi connectivity index (χ3v) is 5.36. The van der Waals surface area contributed by atoms with E-state index >= 15 is 0 Å². The van der Waals surface area contributed by atoms with Gasteiger partial charge in [-0.2, -0.15) is 0 Å². The van der Waals surface area contributed by atoms with E-state index in [1.165, 1.54) is 11.1 Å². The maximum absolute atomic E-state index is 10.3. The molecule has 0 saturated carbocycles. The van der Waals surface area contributed by atoms with Crippen molar-refractivity contribution in [2.24, 2.45) is 0 Å². The zero-order valence-corrected chi connectivity index (χ0v) is 15.1. The average molecular weight is 411 g/mol. The summed E-state index contributed by atoms with van der Waals surface area (Å²) in [6.07, 6.45) is 0.993. The van der Waals surface area contributed by atoms with E-state index in [9.17, 15) is 5.11 Å². The Bertz CT molecular complexity index is 699. The minimum atomic E-state index is 0.139. The molecule has 2 N–H and O–H groups in total. The lowest BCUT2D eigenvalue weighted by atomic mass is 9.97. The molecule has 1 aliphatic rings. The summed E-state index contributed by atoms with van der Waals surface area (Å²) in [4.78, 5) is 0. The van der Waals surface area contributed by atoms with Gasteiger partial charge < -0.3 is 10.4 Å². The second-order valence-electron chi connectivity index (χ2n) is 5.69. The van der Waals surface area contributed by atoms with E-state index in [2.05, 4.69) is 57.1 Å². The number of halogens is 2. The summed E-state index contributed by atoms with van der Waals surface area (Å²) in [7, 11) is 0. The third kappa shape index (κ3) is 2.71. The molecule has 0 spiro atoms. The molecule has 0 aliphatic heterocycles. The summed E-state index contributed by atoms with van der Waals surface area (Å²) >= 11 is 7.09. The molecule has 0 aromatic heterocycles. The molecule has 2 nitrogen and oxygen atoms in total. The van der Waals surface area contributed by atoms with E-state index in [4.69, 9.17) is 0 Å². The number of nitrogens with one attached hydrogen (secondary N) is 1. The number of hydrogen-bond acceptors (Lipinski definition) is 2. The Morgan fingerprint density at radius 3 is 2.67 bits per heavy atom. The highest BCUT2D eigenvalue weighted by molar-refractivity contribution is 9.11. The Labute approximate surface area is 141 Å². The zero-order valence-electron chi connectivity index (χ0n) is 12.0. The van der Waals surface area contributed by atoms with Crippen LogP contribution in [0.4, 0.5) is 5.69 Å². The van der Waals surface area contributed by atoms with Crippen LogP contribution in [0.25, 0.3) is 0 Å². The molecule has 0 heterocycles. The minimum absolute atomic E-state index is 0.139. The maximum atomic E-state index is 10.3. The number of fused-ring (bicyclic) bond motifs is 1. The zero-order chi connectivity index (χ0) is 15.1. The number of anilines is 1. The predicted molar refractivity (Wildman–Crippen MR) is 94.1 cm³/mol. The summed E-state index contributed by atoms with van der Waals surface area (Å²) in [6.45, 7) is 4.34. The fourth-order valence-corrected chi connectivity index (χ4v) is 3.99. The Morgan fingerprint density at radius 1 is 1.14 bits per heavy atom. The van der Waals surface area contributed by atoms with Gasteiger partial charge in [-0.05, 0) is 70.6 Å². The van der Waals surface area contributed by atoms with Gasteiger partial charge in [0.05, 0.1) is 11.7 Å². The van der Waals surface area contributed by atoms with Gasteiger partial charge in [-0.3, -0.25) is 0 Å². The van der Waals surface area contributed by atoms with Gasteiger partial charge in [-0.15, -0.1) is 0 Å². The Balaban J connectivity index is 2.00. The minimum Gasteiger partial charge on any atom is -0.508 e. The lowest BCUT2D eigenvalue weighted by Gasteiger charge is -2.18. The molecule has 0 fully saturated rings. The van der Waals surface area contributed by atoms with Crippen molar-refractivity contribution < 1.29 is 5.11 Å². The van der Waals surface area contributed by atoms with Crippen LogP contribution in [0.3, 0.4) is 0 Å². The van der Waals surface area contributed by atoms with Gasteiger partial charge >= 0.3 is 0 Å². The van der Waals surface area contributed by atoms with Gasteiger partial charge in [-0.1, -0.05) is 28.9 Å². The van der Waals surface area contributed by atoms with Crippen molar-refractivity contribution in [2.75, 3.05) is 5.32 Å². The molecule has 2 aromatic carbocycles. The van der Waals surface area contributed by atoms with Crippen molar-refractivity contribution in [1.82, 2.24) is 0 Å². The summed E-state index contributed by atoms with van der Waals surface area (Å²) in [5, 5.41) is 13.9. The largest absolute Gasteiger partial charge is 0.508 e. The molecule has 2 unspecified atom stereocenters. The van der Waals surface area contributed by atoms with E-state index in [-0.39, 0.29) is 6.04 Å². The van der Waals surface area contributed by atoms with Gasteiger partial charge in [-0.25, -0.2) is 0 Å². The molecule has 1 aliphatic carbocycles. The van der Waals surface area contributed by atoms with Crippen LogP contribution < -0.4 is 5.32 Å². The van der Waals surface area contributed by atoms with Crippen molar-refractivity contribution in [3.05, 3.63) is 56.0 Å². The molecule has 3 rings (SSSR count). The molecule has 0 amide bonds. The number of phenols is 1. The standard InChI is InChI=1S/C17H17Br2NO/c1-9-3-6-15(21)17-14(7-10(2)16(9)17)20-13-8-11(18)4-5-12(13)19/h3-6,8,10,14,20-21H,7H2,1-2H3. The summed E-state index contributed by atoms with van der Waals surface area (Å²) in [5.41, 5.74) is 4.64. The van der Waals surface area contributed by atoms with E-state index in [0.29, 0.717) is 11.7 Å². The van der Waals surface area contributed by atoms with E-state index in [1.54, 1.807) is 6.07 Å². The SMILES string of the molecule is Cc1ccc(O)c2c1C(C)CC2Nc1cc(Br)ccc1Br. The number of aryl methyl sites for hydroxylation is 1. The van der Waals surface area contributed by atoms with Crippen molar-refractivity contribution in [1.29, 1.82) is 0 Å².